The predicted octanol–water partition coefficient (Wildman–Crippen LogP) is 3.99. The van der Waals surface area contributed by atoms with Crippen LogP contribution in [-0.2, 0) is 10.0 Å². The molecule has 4 rings (SSSR count). The molecule has 4 aromatic rings. The van der Waals surface area contributed by atoms with Gasteiger partial charge < -0.3 is 4.74 Å². The number of halogens is 3. The molecule has 1 aromatic carbocycles. The fourth-order valence-corrected chi connectivity index (χ4v) is 4.67. The molecule has 0 bridgehead atoms. The highest BCUT2D eigenvalue weighted by molar-refractivity contribution is 7.93. The first-order valence-corrected chi connectivity index (χ1v) is 12.4. The largest absolute Gasteiger partial charge is 0.481 e. The number of benzene rings is 1. The van der Waals surface area contributed by atoms with Crippen LogP contribution in [0.25, 0.3) is 17.2 Å². The Labute approximate surface area is 210 Å². The molecule has 1 N–H and O–H groups in total. The second kappa shape index (κ2) is 10.1. The molecule has 0 amide bonds. The van der Waals surface area contributed by atoms with E-state index in [1.54, 1.807) is 19.1 Å². The lowest BCUT2D eigenvalue weighted by molar-refractivity contribution is 0.398. The first kappa shape index (κ1) is 25.4. The summed E-state index contributed by atoms with van der Waals surface area (Å²) < 4.78 is 64.6. The van der Waals surface area contributed by atoms with E-state index in [0.29, 0.717) is 5.02 Å². The van der Waals surface area contributed by atoms with Crippen molar-refractivity contribution in [3.8, 4) is 23.1 Å². The van der Waals surface area contributed by atoms with E-state index in [9.17, 15) is 17.2 Å². The minimum Gasteiger partial charge on any atom is -0.481 e. The standard InChI is InChI=1S/C22H20ClF2N7O3S/c1-12(20-26-10-14(23)11-27-20)13(2)36(33,34)31-22-30-29-21(17-8-5-9-18(28-17)35-3)32(22)19-15(24)6-4-7-16(19)25/h4-13H,1-3H3,(H,30,31)/t12-,13-/m0/s1. The third kappa shape index (κ3) is 4.97. The number of methoxy groups -OCH3 is 1. The van der Waals surface area contributed by atoms with Crippen molar-refractivity contribution in [2.24, 2.45) is 0 Å². The molecule has 188 valence electrons. The molecule has 3 aromatic heterocycles. The van der Waals surface area contributed by atoms with Crippen molar-refractivity contribution >= 4 is 27.6 Å². The smallest absolute Gasteiger partial charge is 0.243 e. The Bertz CT molecular complexity index is 1480. The van der Waals surface area contributed by atoms with Gasteiger partial charge in [-0.2, -0.15) is 0 Å². The lowest BCUT2D eigenvalue weighted by Crippen LogP contribution is -2.31. The van der Waals surface area contributed by atoms with Crippen LogP contribution in [0.2, 0.25) is 5.02 Å². The Balaban J connectivity index is 1.80. The second-order valence-corrected chi connectivity index (χ2v) is 10.2. The Hall–Kier alpha value is -3.71. The molecule has 0 fully saturated rings. The maximum absolute atomic E-state index is 14.8. The molecule has 0 saturated carbocycles. The second-order valence-electron chi connectivity index (χ2n) is 7.72. The van der Waals surface area contributed by atoms with Gasteiger partial charge in [-0.25, -0.2) is 32.2 Å². The van der Waals surface area contributed by atoms with E-state index in [1.165, 1.54) is 38.6 Å². The summed E-state index contributed by atoms with van der Waals surface area (Å²) in [4.78, 5) is 12.4. The van der Waals surface area contributed by atoms with Crippen LogP contribution in [0.1, 0.15) is 25.6 Å². The zero-order chi connectivity index (χ0) is 26.0. The maximum atomic E-state index is 14.8. The SMILES string of the molecule is COc1cccc(-c2nnc(NS(=O)(=O)[C@@H](C)[C@H](C)c3ncc(Cl)cn3)n2-c2c(F)cccc2F)n1. The highest BCUT2D eigenvalue weighted by Gasteiger charge is 2.32. The fraction of sp³-hybridized carbons (Fsp3) is 0.227. The van der Waals surface area contributed by atoms with E-state index in [1.807, 2.05) is 0 Å². The average Bonchev–Trinajstić information content (AvgIpc) is 3.25. The van der Waals surface area contributed by atoms with Crippen molar-refractivity contribution in [2.75, 3.05) is 11.8 Å². The highest BCUT2D eigenvalue weighted by Crippen LogP contribution is 2.30. The number of para-hydroxylation sites is 1. The molecule has 0 saturated heterocycles. The summed E-state index contributed by atoms with van der Waals surface area (Å²) in [5, 5.41) is 7.08. The Morgan fingerprint density at radius 3 is 2.31 bits per heavy atom. The van der Waals surface area contributed by atoms with Gasteiger partial charge in [0.05, 0.1) is 17.4 Å². The number of pyridine rings is 1. The van der Waals surface area contributed by atoms with Crippen LogP contribution < -0.4 is 9.46 Å². The van der Waals surface area contributed by atoms with Gasteiger partial charge in [0.2, 0.25) is 21.9 Å². The number of sulfonamides is 1. The number of nitrogens with one attached hydrogen (secondary N) is 1. The molecule has 2 atom stereocenters. The van der Waals surface area contributed by atoms with Crippen molar-refractivity contribution in [1.82, 2.24) is 29.7 Å². The number of hydrogen-bond acceptors (Lipinski definition) is 8. The molecular weight excluding hydrogens is 516 g/mol. The predicted molar refractivity (Wildman–Crippen MR) is 129 cm³/mol. The minimum atomic E-state index is -4.19. The summed E-state index contributed by atoms with van der Waals surface area (Å²) in [6.07, 6.45) is 2.72. The monoisotopic (exact) mass is 535 g/mol. The number of rotatable bonds is 8. The van der Waals surface area contributed by atoms with Gasteiger partial charge in [0.1, 0.15) is 28.8 Å². The van der Waals surface area contributed by atoms with Crippen LogP contribution in [0.15, 0.2) is 48.8 Å². The van der Waals surface area contributed by atoms with Crippen LogP contribution in [0.4, 0.5) is 14.7 Å². The van der Waals surface area contributed by atoms with Gasteiger partial charge in [-0.05, 0) is 25.1 Å². The molecule has 0 aliphatic rings. The highest BCUT2D eigenvalue weighted by atomic mass is 35.5. The molecule has 0 aliphatic heterocycles. The molecule has 36 heavy (non-hydrogen) atoms. The maximum Gasteiger partial charge on any atom is 0.243 e. The number of anilines is 1. The number of nitrogens with zero attached hydrogens (tertiary/aromatic N) is 6. The summed E-state index contributed by atoms with van der Waals surface area (Å²) in [5.41, 5.74) is -0.438. The Morgan fingerprint density at radius 1 is 1.03 bits per heavy atom. The molecule has 0 unspecified atom stereocenters. The van der Waals surface area contributed by atoms with Gasteiger partial charge in [0.25, 0.3) is 0 Å². The molecule has 0 aliphatic carbocycles. The van der Waals surface area contributed by atoms with Crippen molar-refractivity contribution in [2.45, 2.75) is 25.0 Å². The summed E-state index contributed by atoms with van der Waals surface area (Å²) >= 11 is 5.82. The van der Waals surface area contributed by atoms with Crippen molar-refractivity contribution < 1.29 is 21.9 Å². The topological polar surface area (TPSA) is 125 Å². The molecular formula is C22H20ClF2N7O3S. The van der Waals surface area contributed by atoms with E-state index in [-0.39, 0.29) is 23.2 Å². The third-order valence-electron chi connectivity index (χ3n) is 5.46. The fourth-order valence-electron chi connectivity index (χ4n) is 3.34. The van der Waals surface area contributed by atoms with Crippen molar-refractivity contribution in [3.63, 3.8) is 0 Å². The van der Waals surface area contributed by atoms with Gasteiger partial charge in [-0.15, -0.1) is 10.2 Å². The zero-order valence-corrected chi connectivity index (χ0v) is 20.8. The van der Waals surface area contributed by atoms with Gasteiger partial charge in [-0.3, -0.25) is 9.29 Å². The molecule has 3 heterocycles. The van der Waals surface area contributed by atoms with Crippen molar-refractivity contribution in [1.29, 1.82) is 0 Å². The zero-order valence-electron chi connectivity index (χ0n) is 19.2. The molecule has 10 nitrogen and oxygen atoms in total. The Kier molecular flexibility index (Phi) is 7.13. The summed E-state index contributed by atoms with van der Waals surface area (Å²) in [5.74, 6) is -2.68. The number of aromatic nitrogens is 6. The summed E-state index contributed by atoms with van der Waals surface area (Å²) in [7, 11) is -2.78. The first-order chi connectivity index (χ1) is 17.1. The van der Waals surface area contributed by atoms with Crippen LogP contribution >= 0.6 is 11.6 Å². The van der Waals surface area contributed by atoms with Gasteiger partial charge in [0.15, 0.2) is 5.82 Å². The van der Waals surface area contributed by atoms with Crippen molar-refractivity contribution in [3.05, 3.63) is 71.3 Å². The van der Waals surface area contributed by atoms with Crippen LogP contribution in [0.3, 0.4) is 0 Å². The van der Waals surface area contributed by atoms with E-state index < -0.39 is 44.5 Å². The van der Waals surface area contributed by atoms with E-state index in [2.05, 4.69) is 29.9 Å². The van der Waals surface area contributed by atoms with Gasteiger partial charge in [-0.1, -0.05) is 30.7 Å². The summed E-state index contributed by atoms with van der Waals surface area (Å²) in [6.45, 7) is 3.07. The number of hydrogen-bond donors (Lipinski definition) is 1. The van der Waals surface area contributed by atoms with Crippen LogP contribution in [0, 0.1) is 11.6 Å². The van der Waals surface area contributed by atoms with E-state index in [4.69, 9.17) is 16.3 Å². The normalized spacial score (nSPS) is 13.3. The molecule has 0 radical (unpaired) electrons. The van der Waals surface area contributed by atoms with E-state index in [0.717, 1.165) is 16.7 Å². The van der Waals surface area contributed by atoms with Crippen LogP contribution in [0.5, 0.6) is 5.88 Å². The number of ether oxygens (including phenoxy) is 1. The quantitative estimate of drug-likeness (QED) is 0.359. The van der Waals surface area contributed by atoms with E-state index >= 15 is 0 Å². The van der Waals surface area contributed by atoms with Crippen LogP contribution in [-0.4, -0.2) is 50.5 Å². The lowest BCUT2D eigenvalue weighted by atomic mass is 10.1. The first-order valence-electron chi connectivity index (χ1n) is 10.5. The third-order valence-corrected chi connectivity index (χ3v) is 7.51. The summed E-state index contributed by atoms with van der Waals surface area (Å²) in [6, 6.07) is 7.92. The molecule has 0 spiro atoms. The minimum absolute atomic E-state index is 0.114. The molecule has 14 heteroatoms. The van der Waals surface area contributed by atoms with Gasteiger partial charge >= 0.3 is 0 Å². The van der Waals surface area contributed by atoms with Gasteiger partial charge in [0, 0.05) is 24.4 Å². The lowest BCUT2D eigenvalue weighted by Gasteiger charge is -2.20. The average molecular weight is 536 g/mol. The Morgan fingerprint density at radius 2 is 1.67 bits per heavy atom.